The Morgan fingerprint density at radius 3 is 2.62 bits per heavy atom. The van der Waals surface area contributed by atoms with Gasteiger partial charge in [-0.1, -0.05) is 5.16 Å². The van der Waals surface area contributed by atoms with Gasteiger partial charge in [0.1, 0.15) is 11.5 Å². The summed E-state index contributed by atoms with van der Waals surface area (Å²) in [4.78, 5) is 29.1. The molecule has 2 aliphatic rings. The van der Waals surface area contributed by atoms with Crippen molar-refractivity contribution in [2.24, 2.45) is 5.92 Å². The normalized spacial score (nSPS) is 19.0. The van der Waals surface area contributed by atoms with Gasteiger partial charge in [-0.3, -0.25) is 9.59 Å². The van der Waals surface area contributed by atoms with Gasteiger partial charge < -0.3 is 19.1 Å². The van der Waals surface area contributed by atoms with Crippen molar-refractivity contribution in [3.63, 3.8) is 0 Å². The van der Waals surface area contributed by atoms with Crippen LogP contribution >= 0.6 is 0 Å². The van der Waals surface area contributed by atoms with Crippen LogP contribution in [0.2, 0.25) is 0 Å². The van der Waals surface area contributed by atoms with Gasteiger partial charge in [0.15, 0.2) is 5.69 Å². The minimum Gasteiger partial charge on any atom is -0.496 e. The molecule has 7 heteroatoms. The molecule has 1 atom stereocenters. The second-order valence-electron chi connectivity index (χ2n) is 7.96. The van der Waals surface area contributed by atoms with Crippen LogP contribution in [0.3, 0.4) is 0 Å². The van der Waals surface area contributed by atoms with E-state index in [2.05, 4.69) is 5.16 Å². The lowest BCUT2D eigenvalue weighted by atomic mass is 9.96. The van der Waals surface area contributed by atoms with Crippen molar-refractivity contribution in [1.82, 2.24) is 15.0 Å². The Morgan fingerprint density at radius 2 is 1.93 bits per heavy atom. The first-order valence-electron chi connectivity index (χ1n) is 10.2. The van der Waals surface area contributed by atoms with Crippen molar-refractivity contribution in [1.29, 1.82) is 0 Å². The maximum atomic E-state index is 12.8. The number of amides is 2. The van der Waals surface area contributed by atoms with Gasteiger partial charge in [0.25, 0.3) is 11.8 Å². The van der Waals surface area contributed by atoms with Gasteiger partial charge in [-0.2, -0.15) is 0 Å². The SMILES string of the molecule is COc1ccc(C(=O)N2CCCC2)cc1CC1CCN(C(=O)c2cc(C)on2)C1. The highest BCUT2D eigenvalue weighted by Crippen LogP contribution is 2.28. The lowest BCUT2D eigenvalue weighted by Gasteiger charge is -2.18. The molecule has 154 valence electrons. The first-order valence-corrected chi connectivity index (χ1v) is 10.2. The molecule has 29 heavy (non-hydrogen) atoms. The maximum absolute atomic E-state index is 12.8. The Hall–Kier alpha value is -2.83. The topological polar surface area (TPSA) is 75.9 Å². The van der Waals surface area contributed by atoms with Crippen LogP contribution in [0, 0.1) is 12.8 Å². The van der Waals surface area contributed by atoms with Crippen molar-refractivity contribution in [2.45, 2.75) is 32.6 Å². The van der Waals surface area contributed by atoms with Crippen LogP contribution in [0.1, 0.15) is 51.4 Å². The Balaban J connectivity index is 1.45. The number of carbonyl (C=O) groups excluding carboxylic acids is 2. The van der Waals surface area contributed by atoms with Crippen LogP contribution < -0.4 is 4.74 Å². The minimum absolute atomic E-state index is 0.0886. The fraction of sp³-hybridized carbons (Fsp3) is 0.500. The van der Waals surface area contributed by atoms with Crippen molar-refractivity contribution in [3.05, 3.63) is 46.8 Å². The zero-order valence-electron chi connectivity index (χ0n) is 17.0. The number of hydrogen-bond donors (Lipinski definition) is 0. The van der Waals surface area contributed by atoms with Crippen LogP contribution in [-0.4, -0.2) is 60.1 Å². The van der Waals surface area contributed by atoms with E-state index in [0.29, 0.717) is 36.0 Å². The largest absolute Gasteiger partial charge is 0.496 e. The fourth-order valence-electron chi connectivity index (χ4n) is 4.30. The van der Waals surface area contributed by atoms with E-state index in [9.17, 15) is 9.59 Å². The summed E-state index contributed by atoms with van der Waals surface area (Å²) in [6.45, 7) is 4.81. The second kappa shape index (κ2) is 8.27. The van der Waals surface area contributed by atoms with Gasteiger partial charge in [0, 0.05) is 37.8 Å². The highest BCUT2D eigenvalue weighted by atomic mass is 16.5. The zero-order chi connectivity index (χ0) is 20.4. The van der Waals surface area contributed by atoms with Gasteiger partial charge in [0.2, 0.25) is 0 Å². The first kappa shape index (κ1) is 19.5. The number of rotatable bonds is 5. The van der Waals surface area contributed by atoms with Crippen LogP contribution in [0.4, 0.5) is 0 Å². The number of aryl methyl sites for hydroxylation is 1. The number of benzene rings is 1. The Bertz CT molecular complexity index is 901. The monoisotopic (exact) mass is 397 g/mol. The summed E-state index contributed by atoms with van der Waals surface area (Å²) in [6, 6.07) is 7.37. The molecule has 1 aromatic heterocycles. The molecule has 2 fully saturated rings. The number of nitrogens with zero attached hydrogens (tertiary/aromatic N) is 3. The summed E-state index contributed by atoms with van der Waals surface area (Å²) in [5, 5.41) is 3.84. The molecule has 7 nitrogen and oxygen atoms in total. The summed E-state index contributed by atoms with van der Waals surface area (Å²) in [5.74, 6) is 1.75. The molecule has 1 unspecified atom stereocenters. The van der Waals surface area contributed by atoms with Crippen molar-refractivity contribution in [2.75, 3.05) is 33.3 Å². The lowest BCUT2D eigenvalue weighted by Crippen LogP contribution is -2.29. The number of methoxy groups -OCH3 is 1. The molecule has 2 aromatic rings. The van der Waals surface area contributed by atoms with Crippen molar-refractivity contribution >= 4 is 11.8 Å². The van der Waals surface area contributed by atoms with Crippen molar-refractivity contribution in [3.8, 4) is 5.75 Å². The third-order valence-electron chi connectivity index (χ3n) is 5.85. The maximum Gasteiger partial charge on any atom is 0.276 e. The molecule has 0 saturated carbocycles. The number of likely N-dealkylation sites (tertiary alicyclic amines) is 2. The van der Waals surface area contributed by atoms with E-state index in [1.807, 2.05) is 28.0 Å². The van der Waals surface area contributed by atoms with E-state index in [1.165, 1.54) is 0 Å². The van der Waals surface area contributed by atoms with Gasteiger partial charge in [-0.05, 0) is 62.3 Å². The van der Waals surface area contributed by atoms with Crippen molar-refractivity contribution < 1.29 is 18.8 Å². The van der Waals surface area contributed by atoms with Gasteiger partial charge >= 0.3 is 0 Å². The quantitative estimate of drug-likeness (QED) is 0.775. The summed E-state index contributed by atoms with van der Waals surface area (Å²) in [7, 11) is 1.65. The molecule has 3 heterocycles. The van der Waals surface area contributed by atoms with Crippen LogP contribution in [0.5, 0.6) is 5.75 Å². The van der Waals surface area contributed by atoms with Crippen LogP contribution in [0.25, 0.3) is 0 Å². The van der Waals surface area contributed by atoms with E-state index in [4.69, 9.17) is 9.26 Å². The van der Waals surface area contributed by atoms with Gasteiger partial charge in [0.05, 0.1) is 7.11 Å². The lowest BCUT2D eigenvalue weighted by molar-refractivity contribution is 0.0774. The zero-order valence-corrected chi connectivity index (χ0v) is 17.0. The summed E-state index contributed by atoms with van der Waals surface area (Å²) in [5.41, 5.74) is 2.10. The summed E-state index contributed by atoms with van der Waals surface area (Å²) >= 11 is 0. The van der Waals surface area contributed by atoms with Crippen LogP contribution in [-0.2, 0) is 6.42 Å². The molecular weight excluding hydrogens is 370 g/mol. The molecule has 0 aliphatic carbocycles. The average Bonchev–Trinajstić information content (AvgIpc) is 3.49. The highest BCUT2D eigenvalue weighted by Gasteiger charge is 2.29. The number of aromatic nitrogens is 1. The number of hydrogen-bond acceptors (Lipinski definition) is 5. The number of ether oxygens (including phenoxy) is 1. The second-order valence-corrected chi connectivity index (χ2v) is 7.96. The van der Waals surface area contributed by atoms with Crippen LogP contribution in [0.15, 0.2) is 28.8 Å². The standard InChI is InChI=1S/C22H27N3O4/c1-15-11-19(23-29-15)22(27)25-10-7-16(14-25)12-18-13-17(5-6-20(18)28-2)21(26)24-8-3-4-9-24/h5-6,11,13,16H,3-4,7-10,12,14H2,1-2H3. The van der Waals surface area contributed by atoms with E-state index < -0.39 is 0 Å². The molecule has 2 saturated heterocycles. The number of carbonyl (C=O) groups is 2. The molecule has 1 aromatic carbocycles. The molecule has 2 amide bonds. The third-order valence-corrected chi connectivity index (χ3v) is 5.85. The Labute approximate surface area is 170 Å². The Kier molecular flexibility index (Phi) is 5.56. The molecule has 2 aliphatic heterocycles. The molecule has 0 spiro atoms. The average molecular weight is 397 g/mol. The van der Waals surface area contributed by atoms with Gasteiger partial charge in [-0.15, -0.1) is 0 Å². The Morgan fingerprint density at radius 1 is 1.14 bits per heavy atom. The smallest absolute Gasteiger partial charge is 0.276 e. The van der Waals surface area contributed by atoms with E-state index in [1.54, 1.807) is 20.1 Å². The molecule has 0 N–H and O–H groups in total. The van der Waals surface area contributed by atoms with E-state index in [-0.39, 0.29) is 11.8 Å². The first-order chi connectivity index (χ1) is 14.0. The summed E-state index contributed by atoms with van der Waals surface area (Å²) in [6.07, 6.45) is 3.83. The highest BCUT2D eigenvalue weighted by molar-refractivity contribution is 5.95. The minimum atomic E-state index is -0.0886. The molecule has 4 rings (SSSR count). The predicted octanol–water partition coefficient (Wildman–Crippen LogP) is 2.93. The third kappa shape index (κ3) is 4.13. The predicted molar refractivity (Wildman–Crippen MR) is 107 cm³/mol. The molecule has 0 radical (unpaired) electrons. The van der Waals surface area contributed by atoms with E-state index >= 15 is 0 Å². The molecule has 0 bridgehead atoms. The molecular formula is C22H27N3O4. The van der Waals surface area contributed by atoms with Gasteiger partial charge in [-0.25, -0.2) is 0 Å². The fourth-order valence-corrected chi connectivity index (χ4v) is 4.30. The van der Waals surface area contributed by atoms with E-state index in [0.717, 1.165) is 50.1 Å². The summed E-state index contributed by atoms with van der Waals surface area (Å²) < 4.78 is 10.6.